The molecule has 15 heavy (non-hydrogen) atoms. The summed E-state index contributed by atoms with van der Waals surface area (Å²) in [5.74, 6) is 0. The first kappa shape index (κ1) is 12.3. The van der Waals surface area contributed by atoms with Gasteiger partial charge < -0.3 is 4.55 Å². The molecule has 0 aliphatic heterocycles. The molecule has 0 bridgehead atoms. The molecule has 1 heterocycles. The summed E-state index contributed by atoms with van der Waals surface area (Å²) < 4.78 is 19.9. The Kier molecular flexibility index (Phi) is 3.99. The molecule has 1 rings (SSSR count). The smallest absolute Gasteiger partial charge is 0.188 e. The van der Waals surface area contributed by atoms with Gasteiger partial charge >= 0.3 is 0 Å². The van der Waals surface area contributed by atoms with Crippen molar-refractivity contribution in [3.63, 3.8) is 0 Å². The Morgan fingerprint density at radius 3 is 2.47 bits per heavy atom. The number of pyridine rings is 1. The van der Waals surface area contributed by atoms with Crippen LogP contribution >= 0.6 is 0 Å². The molecule has 0 aromatic carbocycles. The third-order valence-electron chi connectivity index (χ3n) is 3.17. The van der Waals surface area contributed by atoms with Crippen LogP contribution in [-0.4, -0.2) is 13.7 Å². The second-order valence-corrected chi connectivity index (χ2v) is 4.90. The number of hydrogen-bond acceptors (Lipinski definition) is 2. The highest BCUT2D eigenvalue weighted by atomic mass is 32.2. The molecule has 1 unspecified atom stereocenters. The molecule has 0 amide bonds. The highest BCUT2D eigenvalue weighted by molar-refractivity contribution is 7.79. The minimum Gasteiger partial charge on any atom is -0.302 e. The largest absolute Gasteiger partial charge is 0.302 e. The molecule has 0 spiro atoms. The molecule has 1 aromatic rings. The second kappa shape index (κ2) is 4.86. The zero-order valence-electron chi connectivity index (χ0n) is 9.36. The topological polar surface area (TPSA) is 50.2 Å². The van der Waals surface area contributed by atoms with Crippen molar-refractivity contribution in [1.29, 1.82) is 0 Å². The number of nitrogens with zero attached hydrogens (tertiary/aromatic N) is 1. The van der Waals surface area contributed by atoms with Crippen LogP contribution in [0.25, 0.3) is 0 Å². The van der Waals surface area contributed by atoms with Gasteiger partial charge in [0, 0.05) is 12.4 Å². The average Bonchev–Trinajstić information content (AvgIpc) is 2.28. The van der Waals surface area contributed by atoms with Gasteiger partial charge in [-0.3, -0.25) is 4.98 Å². The maximum absolute atomic E-state index is 10.9. The third-order valence-corrected chi connectivity index (χ3v) is 3.80. The van der Waals surface area contributed by atoms with Crippen molar-refractivity contribution in [3.05, 3.63) is 24.0 Å². The van der Waals surface area contributed by atoms with E-state index in [0.717, 1.165) is 18.4 Å². The number of aromatic nitrogens is 1. The standard InChI is InChI=1S/C11H17NO2S/c1-4-11(3,5-2)9-6-10(15(13)14)8-12-7-9/h6-8H,4-5H2,1-3H3,(H,13,14). The van der Waals surface area contributed by atoms with Crippen LogP contribution < -0.4 is 0 Å². The minimum absolute atomic E-state index is 0.0440. The van der Waals surface area contributed by atoms with Crippen molar-refractivity contribution in [1.82, 2.24) is 4.98 Å². The zero-order chi connectivity index (χ0) is 11.5. The Bertz CT molecular complexity index is 361. The zero-order valence-corrected chi connectivity index (χ0v) is 10.2. The van der Waals surface area contributed by atoms with Crippen LogP contribution in [0.2, 0.25) is 0 Å². The van der Waals surface area contributed by atoms with Crippen LogP contribution in [0.4, 0.5) is 0 Å². The Hall–Kier alpha value is -0.740. The van der Waals surface area contributed by atoms with E-state index >= 15 is 0 Å². The lowest BCUT2D eigenvalue weighted by atomic mass is 9.79. The molecule has 4 heteroatoms. The van der Waals surface area contributed by atoms with E-state index in [1.807, 2.05) is 0 Å². The first-order valence-corrected chi connectivity index (χ1v) is 6.20. The molecule has 3 nitrogen and oxygen atoms in total. The molecular weight excluding hydrogens is 210 g/mol. The monoisotopic (exact) mass is 227 g/mol. The van der Waals surface area contributed by atoms with Gasteiger partial charge in [0.15, 0.2) is 11.1 Å². The van der Waals surface area contributed by atoms with Crippen molar-refractivity contribution in [2.45, 2.75) is 43.9 Å². The Morgan fingerprint density at radius 2 is 2.00 bits per heavy atom. The van der Waals surface area contributed by atoms with Crippen LogP contribution in [0.15, 0.2) is 23.4 Å². The van der Waals surface area contributed by atoms with Crippen molar-refractivity contribution in [2.24, 2.45) is 0 Å². The van der Waals surface area contributed by atoms with E-state index in [4.69, 9.17) is 4.55 Å². The van der Waals surface area contributed by atoms with E-state index in [1.165, 1.54) is 6.20 Å². The fourth-order valence-electron chi connectivity index (χ4n) is 1.50. The molecule has 0 aliphatic rings. The van der Waals surface area contributed by atoms with E-state index < -0.39 is 11.1 Å². The number of hydrogen-bond donors (Lipinski definition) is 1. The van der Waals surface area contributed by atoms with E-state index in [0.29, 0.717) is 4.90 Å². The third kappa shape index (κ3) is 2.63. The summed E-state index contributed by atoms with van der Waals surface area (Å²) in [7, 11) is 0. The molecule has 1 N–H and O–H groups in total. The SMILES string of the molecule is CCC(C)(CC)c1cncc(S(=O)O)c1. The summed E-state index contributed by atoms with van der Waals surface area (Å²) in [6.07, 6.45) is 5.20. The van der Waals surface area contributed by atoms with Gasteiger partial charge in [-0.05, 0) is 29.9 Å². The van der Waals surface area contributed by atoms with Crippen molar-refractivity contribution < 1.29 is 8.76 Å². The average molecular weight is 227 g/mol. The fraction of sp³-hybridized carbons (Fsp3) is 0.545. The van der Waals surface area contributed by atoms with Crippen LogP contribution in [0.1, 0.15) is 39.2 Å². The Balaban J connectivity index is 3.14. The van der Waals surface area contributed by atoms with Crippen LogP contribution in [0.3, 0.4) is 0 Å². The molecule has 1 atom stereocenters. The normalized spacial score (nSPS) is 13.9. The van der Waals surface area contributed by atoms with Gasteiger partial charge in [-0.15, -0.1) is 0 Å². The highest BCUT2D eigenvalue weighted by Gasteiger charge is 2.23. The van der Waals surface area contributed by atoms with E-state index in [1.54, 1.807) is 12.3 Å². The molecule has 0 radical (unpaired) electrons. The first-order chi connectivity index (χ1) is 7.03. The van der Waals surface area contributed by atoms with Crippen LogP contribution in [0, 0.1) is 0 Å². The number of rotatable bonds is 4. The van der Waals surface area contributed by atoms with Gasteiger partial charge in [-0.2, -0.15) is 0 Å². The van der Waals surface area contributed by atoms with Gasteiger partial charge in [0.25, 0.3) is 0 Å². The lowest BCUT2D eigenvalue weighted by Gasteiger charge is -2.27. The summed E-state index contributed by atoms with van der Waals surface area (Å²) in [5.41, 5.74) is 1.08. The van der Waals surface area contributed by atoms with Crippen LogP contribution in [-0.2, 0) is 16.5 Å². The molecule has 0 aliphatic carbocycles. The fourth-order valence-corrected chi connectivity index (χ4v) is 1.88. The van der Waals surface area contributed by atoms with E-state index in [9.17, 15) is 4.21 Å². The summed E-state index contributed by atoms with van der Waals surface area (Å²) in [6.45, 7) is 6.38. The van der Waals surface area contributed by atoms with Crippen molar-refractivity contribution in [2.75, 3.05) is 0 Å². The molecule has 84 valence electrons. The van der Waals surface area contributed by atoms with E-state index in [-0.39, 0.29) is 5.41 Å². The van der Waals surface area contributed by atoms with Gasteiger partial charge in [0.2, 0.25) is 0 Å². The van der Waals surface area contributed by atoms with Gasteiger partial charge in [-0.1, -0.05) is 20.8 Å². The Morgan fingerprint density at radius 1 is 1.40 bits per heavy atom. The van der Waals surface area contributed by atoms with Gasteiger partial charge in [0.1, 0.15) is 0 Å². The minimum atomic E-state index is -1.94. The molecular formula is C11H17NO2S. The van der Waals surface area contributed by atoms with Crippen molar-refractivity contribution >= 4 is 11.1 Å². The summed E-state index contributed by atoms with van der Waals surface area (Å²) in [6, 6.07) is 1.77. The summed E-state index contributed by atoms with van der Waals surface area (Å²) in [5, 5.41) is 0. The molecule has 0 saturated carbocycles. The maximum atomic E-state index is 10.9. The lowest BCUT2D eigenvalue weighted by molar-refractivity contribution is 0.436. The predicted molar refractivity (Wildman–Crippen MR) is 61.2 cm³/mol. The molecule has 1 aromatic heterocycles. The van der Waals surface area contributed by atoms with E-state index in [2.05, 4.69) is 25.8 Å². The lowest BCUT2D eigenvalue weighted by Crippen LogP contribution is -2.20. The first-order valence-electron chi connectivity index (χ1n) is 5.10. The maximum Gasteiger partial charge on any atom is 0.188 e. The molecule has 0 fully saturated rings. The quantitative estimate of drug-likeness (QED) is 0.805. The second-order valence-electron chi connectivity index (χ2n) is 3.93. The highest BCUT2D eigenvalue weighted by Crippen LogP contribution is 2.31. The van der Waals surface area contributed by atoms with Crippen LogP contribution in [0.5, 0.6) is 0 Å². The van der Waals surface area contributed by atoms with Gasteiger partial charge in [0.05, 0.1) is 4.90 Å². The summed E-state index contributed by atoms with van der Waals surface area (Å²) in [4.78, 5) is 4.39. The van der Waals surface area contributed by atoms with Crippen molar-refractivity contribution in [3.8, 4) is 0 Å². The van der Waals surface area contributed by atoms with Gasteiger partial charge in [-0.25, -0.2) is 4.21 Å². The Labute approximate surface area is 93.2 Å². The molecule has 0 saturated heterocycles. The predicted octanol–water partition coefficient (Wildman–Crippen LogP) is 2.74. The summed E-state index contributed by atoms with van der Waals surface area (Å²) >= 11 is -1.94.